The zero-order chi connectivity index (χ0) is 23.1. The van der Waals surface area contributed by atoms with E-state index in [0.29, 0.717) is 9.47 Å². The zero-order valence-corrected chi connectivity index (χ0v) is 20.0. The Balaban J connectivity index is 1.55. The minimum atomic E-state index is -0.907. The highest BCUT2D eigenvalue weighted by molar-refractivity contribution is 8.02. The van der Waals surface area contributed by atoms with Crippen molar-refractivity contribution in [1.82, 2.24) is 15.5 Å². The van der Waals surface area contributed by atoms with Gasteiger partial charge >= 0.3 is 0 Å². The van der Waals surface area contributed by atoms with Gasteiger partial charge in [-0.05, 0) is 56.2 Å². The lowest BCUT2D eigenvalue weighted by Gasteiger charge is -2.28. The van der Waals surface area contributed by atoms with Gasteiger partial charge in [0.1, 0.15) is 17.0 Å². The monoisotopic (exact) mass is 467 g/mol. The maximum Gasteiger partial charge on any atom is 0.234 e. The third-order valence-electron chi connectivity index (χ3n) is 4.91. The molecule has 0 saturated heterocycles. The molecule has 0 fully saturated rings. The van der Waals surface area contributed by atoms with Crippen LogP contribution in [0.15, 0.2) is 58.9 Å². The second-order valence-corrected chi connectivity index (χ2v) is 10.2. The van der Waals surface area contributed by atoms with E-state index in [-0.39, 0.29) is 11.8 Å². The van der Waals surface area contributed by atoms with Crippen molar-refractivity contribution in [2.24, 2.45) is 5.92 Å². The van der Waals surface area contributed by atoms with Gasteiger partial charge in [0.25, 0.3) is 0 Å². The molecule has 0 spiro atoms. The first-order valence-corrected chi connectivity index (χ1v) is 11.8. The zero-order valence-electron chi connectivity index (χ0n) is 18.3. The third kappa shape index (κ3) is 6.22. The van der Waals surface area contributed by atoms with Gasteiger partial charge in [0.05, 0.1) is 11.3 Å². The van der Waals surface area contributed by atoms with Crippen molar-refractivity contribution in [1.29, 1.82) is 5.26 Å². The molecule has 32 heavy (non-hydrogen) atoms. The van der Waals surface area contributed by atoms with E-state index in [9.17, 15) is 10.1 Å². The number of ether oxygens (including phenoxy) is 1. The molecule has 2 N–H and O–H groups in total. The molecule has 2 atom stereocenters. The van der Waals surface area contributed by atoms with Crippen LogP contribution in [0.1, 0.15) is 27.7 Å². The molecule has 0 unspecified atom stereocenters. The van der Waals surface area contributed by atoms with Crippen LogP contribution in [0.3, 0.4) is 0 Å². The van der Waals surface area contributed by atoms with Crippen molar-refractivity contribution < 1.29 is 9.53 Å². The lowest BCUT2D eigenvalue weighted by molar-refractivity contribution is -0.121. The summed E-state index contributed by atoms with van der Waals surface area (Å²) in [6, 6.07) is 19.3. The minimum Gasteiger partial charge on any atom is -0.457 e. The predicted molar refractivity (Wildman–Crippen MR) is 128 cm³/mol. The number of para-hydroxylation sites is 1. The Kier molecular flexibility index (Phi) is 7.72. The van der Waals surface area contributed by atoms with Crippen molar-refractivity contribution in [2.75, 3.05) is 5.32 Å². The second kappa shape index (κ2) is 10.5. The largest absolute Gasteiger partial charge is 0.457 e. The summed E-state index contributed by atoms with van der Waals surface area (Å²) in [6.07, 6.45) is 0. The summed E-state index contributed by atoms with van der Waals surface area (Å²) in [5, 5.41) is 24.0. The molecule has 0 aliphatic carbocycles. The molecule has 1 aromatic heterocycles. The van der Waals surface area contributed by atoms with Crippen LogP contribution in [-0.2, 0) is 4.79 Å². The maximum atomic E-state index is 12.5. The van der Waals surface area contributed by atoms with Crippen LogP contribution < -0.4 is 15.4 Å². The normalized spacial score (nSPS) is 13.6. The lowest BCUT2D eigenvalue weighted by atomic mass is 9.90. The number of benzene rings is 2. The highest BCUT2D eigenvalue weighted by Gasteiger charge is 2.32. The smallest absolute Gasteiger partial charge is 0.234 e. The molecule has 1 heterocycles. The molecular formula is C23H25N5O2S2. The molecule has 3 aromatic rings. The molecular weight excluding hydrogens is 442 g/mol. The number of nitriles is 1. The number of nitrogens with one attached hydrogen (secondary N) is 2. The van der Waals surface area contributed by atoms with E-state index in [0.717, 1.165) is 17.2 Å². The van der Waals surface area contributed by atoms with Crippen LogP contribution >= 0.6 is 23.1 Å². The Morgan fingerprint density at radius 1 is 1.09 bits per heavy atom. The molecule has 9 heteroatoms. The van der Waals surface area contributed by atoms with Crippen LogP contribution in [0, 0.1) is 17.2 Å². The third-order valence-corrected chi connectivity index (χ3v) is 6.93. The van der Waals surface area contributed by atoms with E-state index < -0.39 is 10.8 Å². The Hall–Kier alpha value is -3.09. The van der Waals surface area contributed by atoms with Crippen LogP contribution in [0.25, 0.3) is 0 Å². The van der Waals surface area contributed by atoms with Crippen molar-refractivity contribution in [3.05, 3.63) is 54.6 Å². The van der Waals surface area contributed by atoms with Crippen LogP contribution in [0.4, 0.5) is 10.8 Å². The van der Waals surface area contributed by atoms with Gasteiger partial charge in [-0.25, -0.2) is 0 Å². The maximum absolute atomic E-state index is 12.5. The quantitative estimate of drug-likeness (QED) is 0.395. The summed E-state index contributed by atoms with van der Waals surface area (Å²) in [6.45, 7) is 7.34. The Morgan fingerprint density at radius 2 is 1.75 bits per heavy atom. The molecule has 0 aliphatic rings. The molecule has 0 radical (unpaired) electrons. The van der Waals surface area contributed by atoms with Crippen molar-refractivity contribution in [2.45, 2.75) is 42.8 Å². The fourth-order valence-electron chi connectivity index (χ4n) is 2.53. The molecule has 7 nitrogen and oxygen atoms in total. The molecule has 0 aliphatic heterocycles. The molecule has 166 valence electrons. The average Bonchev–Trinajstić information content (AvgIpc) is 3.22. The fourth-order valence-corrected chi connectivity index (χ4v) is 4.44. The Bertz CT molecular complexity index is 1080. The summed E-state index contributed by atoms with van der Waals surface area (Å²) in [5.41, 5.74) is -0.0542. The Labute approximate surface area is 196 Å². The first-order valence-electron chi connectivity index (χ1n) is 10.1. The van der Waals surface area contributed by atoms with Crippen molar-refractivity contribution >= 4 is 39.8 Å². The van der Waals surface area contributed by atoms with Crippen molar-refractivity contribution in [3.63, 3.8) is 0 Å². The van der Waals surface area contributed by atoms with Gasteiger partial charge in [-0.3, -0.25) is 4.79 Å². The molecule has 2 aromatic carbocycles. The van der Waals surface area contributed by atoms with E-state index in [4.69, 9.17) is 4.74 Å². The number of rotatable bonds is 9. The Morgan fingerprint density at radius 3 is 2.38 bits per heavy atom. The number of hydrogen-bond acceptors (Lipinski definition) is 8. The summed E-state index contributed by atoms with van der Waals surface area (Å²) >= 11 is 2.68. The SMILES string of the molecule is CC(C)[C@@](C)(C#N)NC(=O)[C@H](C)Sc1nnc(Nc2ccc(Oc3ccccc3)cc2)s1. The number of carbonyl (C=O) groups is 1. The van der Waals surface area contributed by atoms with E-state index in [1.807, 2.05) is 68.4 Å². The molecule has 0 saturated carbocycles. The average molecular weight is 468 g/mol. The summed E-state index contributed by atoms with van der Waals surface area (Å²) in [7, 11) is 0. The summed E-state index contributed by atoms with van der Waals surface area (Å²) in [5.74, 6) is 1.31. The minimum absolute atomic E-state index is 0.00420. The summed E-state index contributed by atoms with van der Waals surface area (Å²) < 4.78 is 6.47. The highest BCUT2D eigenvalue weighted by Crippen LogP contribution is 2.31. The first-order chi connectivity index (χ1) is 15.3. The number of nitrogens with zero attached hydrogens (tertiary/aromatic N) is 3. The predicted octanol–water partition coefficient (Wildman–Crippen LogP) is 5.61. The number of hydrogen-bond donors (Lipinski definition) is 2. The fraction of sp³-hybridized carbons (Fsp3) is 0.304. The number of anilines is 2. The standard InChI is InChI=1S/C23H25N5O2S2/c1-15(2)23(4,14-24)26-20(29)16(3)31-22-28-27-21(32-22)25-17-10-12-19(13-11-17)30-18-8-6-5-7-9-18/h5-13,15-16H,1-4H3,(H,25,27)(H,26,29)/t16-,23+/m0/s1. The number of amides is 1. The number of thioether (sulfide) groups is 1. The number of aromatic nitrogens is 2. The van der Waals surface area contributed by atoms with E-state index in [1.165, 1.54) is 23.1 Å². The van der Waals surface area contributed by atoms with Gasteiger partial charge in [-0.15, -0.1) is 10.2 Å². The van der Waals surface area contributed by atoms with Gasteiger partial charge in [0.2, 0.25) is 11.0 Å². The van der Waals surface area contributed by atoms with E-state index in [1.54, 1.807) is 13.8 Å². The second-order valence-electron chi connectivity index (χ2n) is 7.66. The van der Waals surface area contributed by atoms with Crippen LogP contribution in [-0.4, -0.2) is 26.9 Å². The van der Waals surface area contributed by atoms with Gasteiger partial charge in [-0.2, -0.15) is 5.26 Å². The molecule has 3 rings (SSSR count). The van der Waals surface area contributed by atoms with Gasteiger partial charge < -0.3 is 15.4 Å². The van der Waals surface area contributed by atoms with Crippen molar-refractivity contribution in [3.8, 4) is 17.6 Å². The molecule has 0 bridgehead atoms. The number of carbonyl (C=O) groups excluding carboxylic acids is 1. The highest BCUT2D eigenvalue weighted by atomic mass is 32.2. The van der Waals surface area contributed by atoms with Gasteiger partial charge in [-0.1, -0.05) is 55.1 Å². The van der Waals surface area contributed by atoms with E-state index >= 15 is 0 Å². The summed E-state index contributed by atoms with van der Waals surface area (Å²) in [4.78, 5) is 12.5. The van der Waals surface area contributed by atoms with Crippen LogP contribution in [0.2, 0.25) is 0 Å². The van der Waals surface area contributed by atoms with Gasteiger partial charge in [0.15, 0.2) is 4.34 Å². The van der Waals surface area contributed by atoms with Gasteiger partial charge in [0, 0.05) is 5.69 Å². The molecule has 1 amide bonds. The van der Waals surface area contributed by atoms with Crippen LogP contribution in [0.5, 0.6) is 11.5 Å². The lowest BCUT2D eigenvalue weighted by Crippen LogP contribution is -2.51. The van der Waals surface area contributed by atoms with E-state index in [2.05, 4.69) is 26.9 Å². The topological polar surface area (TPSA) is 99.9 Å². The first kappa shape index (κ1) is 23.6.